The van der Waals surface area contributed by atoms with Gasteiger partial charge >= 0.3 is 0 Å². The number of carbonyl (C=O) groups is 3. The third-order valence-electron chi connectivity index (χ3n) is 10.5. The number of para-hydroxylation sites is 1. The number of aldehydes is 1. The first-order valence-electron chi connectivity index (χ1n) is 17.3. The monoisotopic (exact) mass is 642 g/mol. The summed E-state index contributed by atoms with van der Waals surface area (Å²) >= 11 is 0. The van der Waals surface area contributed by atoms with Crippen molar-refractivity contribution in [2.24, 2.45) is 13.0 Å². The Labute approximate surface area is 278 Å². The molecule has 4 atom stereocenters. The van der Waals surface area contributed by atoms with E-state index in [1.54, 1.807) is 0 Å². The smallest absolute Gasteiger partial charge is 0.257 e. The molecule has 47 heavy (non-hydrogen) atoms. The second-order valence-corrected chi connectivity index (χ2v) is 14.2. The number of benzene rings is 2. The molecule has 252 valence electrons. The largest absolute Gasteiger partial charge is 0.376 e. The van der Waals surface area contributed by atoms with Crippen molar-refractivity contribution in [1.29, 1.82) is 0 Å². The fourth-order valence-electron chi connectivity index (χ4n) is 7.95. The number of aromatic nitrogens is 1. The number of aryl methyl sites for hydroxylation is 3. The summed E-state index contributed by atoms with van der Waals surface area (Å²) < 4.78 is 14.4. The minimum Gasteiger partial charge on any atom is -0.376 e. The van der Waals surface area contributed by atoms with E-state index < -0.39 is 0 Å². The molecule has 2 unspecified atom stereocenters. The third kappa shape index (κ3) is 7.47. The van der Waals surface area contributed by atoms with Crippen LogP contribution in [0.1, 0.15) is 73.0 Å². The van der Waals surface area contributed by atoms with E-state index >= 15 is 0 Å². The number of hydrogen-bond donors (Lipinski definition) is 1. The van der Waals surface area contributed by atoms with Crippen molar-refractivity contribution in [3.05, 3.63) is 64.8 Å². The van der Waals surface area contributed by atoms with Gasteiger partial charge in [0.05, 0.1) is 42.9 Å². The van der Waals surface area contributed by atoms with Gasteiger partial charge in [0.1, 0.15) is 6.29 Å². The maximum atomic E-state index is 14.1. The van der Waals surface area contributed by atoms with Gasteiger partial charge in [-0.1, -0.05) is 24.3 Å². The van der Waals surface area contributed by atoms with Gasteiger partial charge in [-0.05, 0) is 88.6 Å². The third-order valence-corrected chi connectivity index (χ3v) is 10.5. The maximum Gasteiger partial charge on any atom is 0.257 e. The number of likely N-dealkylation sites (tertiary alicyclic amines) is 1. The van der Waals surface area contributed by atoms with Crippen LogP contribution >= 0.6 is 0 Å². The Morgan fingerprint density at radius 1 is 1.00 bits per heavy atom. The summed E-state index contributed by atoms with van der Waals surface area (Å²) in [6, 6.07) is 12.2. The second-order valence-electron chi connectivity index (χ2n) is 14.2. The van der Waals surface area contributed by atoms with Crippen molar-refractivity contribution in [1.82, 2.24) is 14.4 Å². The van der Waals surface area contributed by atoms with E-state index in [1.807, 2.05) is 68.1 Å². The van der Waals surface area contributed by atoms with Crippen LogP contribution in [-0.2, 0) is 32.5 Å². The van der Waals surface area contributed by atoms with Crippen LogP contribution in [0.5, 0.6) is 0 Å². The van der Waals surface area contributed by atoms with E-state index in [0.29, 0.717) is 25.1 Å². The molecule has 1 aromatic heterocycles. The lowest BCUT2D eigenvalue weighted by atomic mass is 9.88. The lowest BCUT2D eigenvalue weighted by Crippen LogP contribution is -2.51. The SMILES string of the molecule is Cc1cc(NC(=O)c2cn(C)c3ccccc23)c(C)cc1CC(=O)N1C[C@@H](N2CC(C)OC(C)C2)C[C@H]1COC1CCC(C=O)CC1. The van der Waals surface area contributed by atoms with Gasteiger partial charge in [-0.2, -0.15) is 0 Å². The summed E-state index contributed by atoms with van der Waals surface area (Å²) in [5, 5.41) is 4.04. The second kappa shape index (κ2) is 14.3. The Balaban J connectivity index is 1.15. The normalized spacial score (nSPS) is 26.9. The minimum atomic E-state index is -0.148. The number of nitrogens with zero attached hydrogens (tertiary/aromatic N) is 3. The van der Waals surface area contributed by atoms with Crippen LogP contribution in [0.2, 0.25) is 0 Å². The Morgan fingerprint density at radius 3 is 2.45 bits per heavy atom. The predicted octanol–water partition coefficient (Wildman–Crippen LogP) is 5.44. The highest BCUT2D eigenvalue weighted by molar-refractivity contribution is 6.13. The van der Waals surface area contributed by atoms with Crippen LogP contribution in [0.3, 0.4) is 0 Å². The van der Waals surface area contributed by atoms with Crippen molar-refractivity contribution in [2.75, 3.05) is 31.6 Å². The number of anilines is 1. The topological polar surface area (TPSA) is 93.1 Å². The van der Waals surface area contributed by atoms with E-state index in [-0.39, 0.29) is 48.1 Å². The molecule has 3 fully saturated rings. The molecular weight excluding hydrogens is 592 g/mol. The highest BCUT2D eigenvalue weighted by Gasteiger charge is 2.40. The van der Waals surface area contributed by atoms with Gasteiger partial charge in [-0.3, -0.25) is 14.5 Å². The van der Waals surface area contributed by atoms with Gasteiger partial charge in [0.2, 0.25) is 5.91 Å². The lowest BCUT2D eigenvalue weighted by Gasteiger charge is -2.38. The summed E-state index contributed by atoms with van der Waals surface area (Å²) in [6.45, 7) is 11.2. The first kappa shape index (κ1) is 33.4. The first-order valence-corrected chi connectivity index (χ1v) is 17.3. The highest BCUT2D eigenvalue weighted by atomic mass is 16.5. The number of ether oxygens (including phenoxy) is 2. The average Bonchev–Trinajstić information content (AvgIpc) is 3.64. The number of hydrogen-bond acceptors (Lipinski definition) is 6. The maximum absolute atomic E-state index is 14.1. The zero-order valence-corrected chi connectivity index (χ0v) is 28.5. The Bertz CT molecular complexity index is 1600. The van der Waals surface area contributed by atoms with E-state index in [0.717, 1.165) is 84.8 Å². The average molecular weight is 643 g/mol. The number of morpholine rings is 1. The molecule has 2 aromatic carbocycles. The summed E-state index contributed by atoms with van der Waals surface area (Å²) in [5.74, 6) is 0.111. The van der Waals surface area contributed by atoms with Gasteiger partial charge in [-0.15, -0.1) is 0 Å². The number of rotatable bonds is 9. The van der Waals surface area contributed by atoms with Gasteiger partial charge in [-0.25, -0.2) is 0 Å². The van der Waals surface area contributed by atoms with Gasteiger partial charge in [0.25, 0.3) is 5.91 Å². The number of nitrogens with one attached hydrogen (secondary N) is 1. The van der Waals surface area contributed by atoms with Gasteiger partial charge in [0.15, 0.2) is 0 Å². The summed E-state index contributed by atoms with van der Waals surface area (Å²) in [4.78, 5) is 43.2. The van der Waals surface area contributed by atoms with Crippen LogP contribution in [0, 0.1) is 19.8 Å². The molecule has 0 spiro atoms. The summed E-state index contributed by atoms with van der Waals surface area (Å²) in [5.41, 5.74) is 5.27. The van der Waals surface area contributed by atoms with Crippen molar-refractivity contribution in [3.63, 3.8) is 0 Å². The molecular formula is C38H50N4O5. The van der Waals surface area contributed by atoms with Crippen LogP contribution in [0.4, 0.5) is 5.69 Å². The van der Waals surface area contributed by atoms with E-state index in [9.17, 15) is 14.4 Å². The fourth-order valence-corrected chi connectivity index (χ4v) is 7.95. The summed E-state index contributed by atoms with van der Waals surface area (Å²) in [6.07, 6.45) is 8.15. The van der Waals surface area contributed by atoms with Crippen molar-refractivity contribution in [2.45, 2.75) is 96.6 Å². The number of amides is 2. The Kier molecular flexibility index (Phi) is 10.2. The Hall–Kier alpha value is -3.53. The van der Waals surface area contributed by atoms with Crippen molar-refractivity contribution >= 4 is 34.7 Å². The zero-order valence-electron chi connectivity index (χ0n) is 28.5. The molecule has 2 aliphatic heterocycles. The van der Waals surface area contributed by atoms with Crippen molar-refractivity contribution in [3.8, 4) is 0 Å². The van der Waals surface area contributed by atoms with Gasteiger partial charge in [0, 0.05) is 61.4 Å². The predicted molar refractivity (Wildman–Crippen MR) is 184 cm³/mol. The van der Waals surface area contributed by atoms with Gasteiger partial charge < -0.3 is 29.1 Å². The van der Waals surface area contributed by atoms with Crippen LogP contribution in [0.25, 0.3) is 10.9 Å². The highest BCUT2D eigenvalue weighted by Crippen LogP contribution is 2.31. The molecule has 0 bridgehead atoms. The Morgan fingerprint density at radius 2 is 1.72 bits per heavy atom. The molecule has 1 aliphatic carbocycles. The van der Waals surface area contributed by atoms with Crippen LogP contribution < -0.4 is 5.32 Å². The minimum absolute atomic E-state index is 0.00501. The number of fused-ring (bicyclic) bond motifs is 1. The molecule has 9 heteroatoms. The molecule has 2 amide bonds. The quantitative estimate of drug-likeness (QED) is 0.313. The first-order chi connectivity index (χ1) is 22.6. The molecule has 3 aliphatic rings. The molecule has 2 saturated heterocycles. The molecule has 3 heterocycles. The molecule has 9 nitrogen and oxygen atoms in total. The fraction of sp³-hybridized carbons (Fsp3) is 0.553. The van der Waals surface area contributed by atoms with E-state index in [1.165, 1.54) is 0 Å². The van der Waals surface area contributed by atoms with Crippen LogP contribution in [0.15, 0.2) is 42.6 Å². The van der Waals surface area contributed by atoms with Crippen molar-refractivity contribution < 1.29 is 23.9 Å². The van der Waals surface area contributed by atoms with Crippen LogP contribution in [-0.4, -0.2) is 89.1 Å². The zero-order chi connectivity index (χ0) is 33.2. The molecule has 1 N–H and O–H groups in total. The summed E-state index contributed by atoms with van der Waals surface area (Å²) in [7, 11) is 1.95. The number of carbonyl (C=O) groups excluding carboxylic acids is 3. The molecule has 3 aromatic rings. The molecule has 1 saturated carbocycles. The molecule has 0 radical (unpaired) electrons. The van der Waals surface area contributed by atoms with E-state index in [4.69, 9.17) is 9.47 Å². The molecule has 6 rings (SSSR count). The lowest BCUT2D eigenvalue weighted by molar-refractivity contribution is -0.133. The van der Waals surface area contributed by atoms with E-state index in [2.05, 4.69) is 29.0 Å². The standard InChI is InChI=1S/C38H50N4O5/c1-24-15-35(39-38(45)34-21-40(5)36-9-7-6-8-33(34)36)25(2)14-29(24)16-37(44)42-20-30(41-18-26(3)47-27(4)19-41)17-31(42)23-46-32-12-10-28(22-43)11-13-32/h6-9,14-15,21-22,26-28,30-32H,10-13,16-20,23H2,1-5H3,(H,39,45)/t26?,27?,28?,30-,31-,32?/m0/s1.